The summed E-state index contributed by atoms with van der Waals surface area (Å²) < 4.78 is 1.26. The van der Waals surface area contributed by atoms with E-state index >= 15 is 0 Å². The van der Waals surface area contributed by atoms with Crippen LogP contribution in [0.5, 0.6) is 0 Å². The summed E-state index contributed by atoms with van der Waals surface area (Å²) in [5.74, 6) is 0. The van der Waals surface area contributed by atoms with Gasteiger partial charge in [-0.2, -0.15) is 0 Å². The van der Waals surface area contributed by atoms with E-state index in [0.717, 1.165) is 6.54 Å². The molecule has 0 radical (unpaired) electrons. The van der Waals surface area contributed by atoms with E-state index in [9.17, 15) is 0 Å². The van der Waals surface area contributed by atoms with Crippen LogP contribution in [0.15, 0.2) is 15.9 Å². The molecule has 1 aliphatic rings. The Morgan fingerprint density at radius 2 is 2.00 bits per heavy atom. The summed E-state index contributed by atoms with van der Waals surface area (Å²) in [7, 11) is 2.23. The Hall–Kier alpha value is 0.1000. The van der Waals surface area contributed by atoms with E-state index < -0.39 is 0 Å². The molecule has 4 heteroatoms. The summed E-state index contributed by atoms with van der Waals surface area (Å²) in [5, 5.41) is 2.16. The van der Waals surface area contributed by atoms with Gasteiger partial charge in [-0.25, -0.2) is 0 Å². The Balaban J connectivity index is 1.99. The van der Waals surface area contributed by atoms with E-state index in [2.05, 4.69) is 58.1 Å². The molecule has 16 heavy (non-hydrogen) atoms. The molecule has 0 spiro atoms. The average Bonchev–Trinajstić information content (AvgIpc) is 2.61. The third kappa shape index (κ3) is 2.67. The van der Waals surface area contributed by atoms with Crippen molar-refractivity contribution in [1.82, 2.24) is 9.80 Å². The van der Waals surface area contributed by atoms with Gasteiger partial charge in [-0.3, -0.25) is 9.80 Å². The molecule has 1 aliphatic heterocycles. The lowest BCUT2D eigenvalue weighted by Crippen LogP contribution is -2.54. The Kier molecular flexibility index (Phi) is 4.06. The van der Waals surface area contributed by atoms with Gasteiger partial charge in [0.25, 0.3) is 0 Å². The second-order valence-electron chi connectivity index (χ2n) is 4.75. The number of hydrogen-bond donors (Lipinski definition) is 0. The van der Waals surface area contributed by atoms with Crippen LogP contribution in [0.2, 0.25) is 0 Å². The standard InChI is InChI=1S/C12H19BrN2S/c1-9-6-15(7-10(2)14(9)3)8-12-11(13)4-5-16-12/h4-5,9-10H,6-8H2,1-3H3. The molecule has 0 amide bonds. The predicted octanol–water partition coefficient (Wildman–Crippen LogP) is 3.04. The zero-order chi connectivity index (χ0) is 11.7. The number of piperazine rings is 1. The highest BCUT2D eigenvalue weighted by Gasteiger charge is 2.26. The van der Waals surface area contributed by atoms with Gasteiger partial charge in [0.1, 0.15) is 0 Å². The van der Waals surface area contributed by atoms with Crippen LogP contribution in [-0.4, -0.2) is 42.0 Å². The molecule has 2 rings (SSSR count). The minimum atomic E-state index is 0.655. The van der Waals surface area contributed by atoms with Crippen molar-refractivity contribution in [2.45, 2.75) is 32.5 Å². The van der Waals surface area contributed by atoms with E-state index in [1.165, 1.54) is 22.4 Å². The second-order valence-corrected chi connectivity index (χ2v) is 6.60. The SMILES string of the molecule is CC1CN(Cc2sccc2Br)CC(C)N1C. The molecule has 0 saturated carbocycles. The lowest BCUT2D eigenvalue weighted by molar-refractivity contribution is 0.0561. The summed E-state index contributed by atoms with van der Waals surface area (Å²) in [6.45, 7) is 8.05. The predicted molar refractivity (Wildman–Crippen MR) is 74.0 cm³/mol. The van der Waals surface area contributed by atoms with Gasteiger partial charge in [0, 0.05) is 41.1 Å². The Bertz CT molecular complexity index is 341. The zero-order valence-corrected chi connectivity index (χ0v) is 12.5. The highest BCUT2D eigenvalue weighted by Crippen LogP contribution is 2.25. The fourth-order valence-electron chi connectivity index (χ4n) is 2.28. The maximum Gasteiger partial charge on any atom is 0.0340 e. The van der Waals surface area contributed by atoms with Crippen molar-refractivity contribution in [2.24, 2.45) is 0 Å². The van der Waals surface area contributed by atoms with Gasteiger partial charge in [-0.15, -0.1) is 11.3 Å². The smallest absolute Gasteiger partial charge is 0.0340 e. The Labute approximate surface area is 110 Å². The number of rotatable bonds is 2. The first-order chi connectivity index (χ1) is 7.58. The minimum Gasteiger partial charge on any atom is -0.298 e. The van der Waals surface area contributed by atoms with Crippen LogP contribution in [-0.2, 0) is 6.54 Å². The van der Waals surface area contributed by atoms with E-state index in [1.807, 2.05) is 11.3 Å². The molecule has 1 aromatic heterocycles. The van der Waals surface area contributed by atoms with E-state index in [1.54, 1.807) is 0 Å². The lowest BCUT2D eigenvalue weighted by atomic mass is 10.1. The molecule has 0 bridgehead atoms. The van der Waals surface area contributed by atoms with E-state index in [4.69, 9.17) is 0 Å². The van der Waals surface area contributed by atoms with Crippen LogP contribution in [0.25, 0.3) is 0 Å². The molecular weight excluding hydrogens is 284 g/mol. The van der Waals surface area contributed by atoms with Crippen molar-refractivity contribution in [3.8, 4) is 0 Å². The van der Waals surface area contributed by atoms with Gasteiger partial charge in [-0.1, -0.05) is 0 Å². The van der Waals surface area contributed by atoms with Gasteiger partial charge in [-0.05, 0) is 48.3 Å². The van der Waals surface area contributed by atoms with Gasteiger partial charge in [0.2, 0.25) is 0 Å². The second kappa shape index (κ2) is 5.17. The van der Waals surface area contributed by atoms with Crippen LogP contribution in [0.4, 0.5) is 0 Å². The quantitative estimate of drug-likeness (QED) is 0.828. The van der Waals surface area contributed by atoms with Gasteiger partial charge in [0.05, 0.1) is 0 Å². The van der Waals surface area contributed by atoms with Crippen molar-refractivity contribution in [3.63, 3.8) is 0 Å². The molecule has 1 aromatic rings. The van der Waals surface area contributed by atoms with Gasteiger partial charge < -0.3 is 0 Å². The lowest BCUT2D eigenvalue weighted by Gasteiger charge is -2.42. The molecular formula is C12H19BrN2S. The van der Waals surface area contributed by atoms with E-state index in [-0.39, 0.29) is 0 Å². The minimum absolute atomic E-state index is 0.655. The molecule has 2 atom stereocenters. The third-order valence-electron chi connectivity index (χ3n) is 3.49. The van der Waals surface area contributed by atoms with Crippen LogP contribution in [0.3, 0.4) is 0 Å². The topological polar surface area (TPSA) is 6.48 Å². The largest absolute Gasteiger partial charge is 0.298 e. The highest BCUT2D eigenvalue weighted by atomic mass is 79.9. The molecule has 0 aromatic carbocycles. The first-order valence-electron chi connectivity index (χ1n) is 5.74. The number of nitrogens with zero attached hydrogens (tertiary/aromatic N) is 2. The first kappa shape index (κ1) is 12.6. The highest BCUT2D eigenvalue weighted by molar-refractivity contribution is 9.10. The van der Waals surface area contributed by atoms with Crippen LogP contribution in [0.1, 0.15) is 18.7 Å². The number of halogens is 1. The third-order valence-corrected chi connectivity index (χ3v) is 5.40. The van der Waals surface area contributed by atoms with Crippen LogP contribution in [0, 0.1) is 0 Å². The number of thiophene rings is 1. The monoisotopic (exact) mass is 302 g/mol. The zero-order valence-electron chi connectivity index (χ0n) is 10.1. The summed E-state index contributed by atoms with van der Waals surface area (Å²) in [6, 6.07) is 3.45. The number of hydrogen-bond acceptors (Lipinski definition) is 3. The summed E-state index contributed by atoms with van der Waals surface area (Å²) in [5.41, 5.74) is 0. The van der Waals surface area contributed by atoms with Crippen molar-refractivity contribution < 1.29 is 0 Å². The molecule has 2 nitrogen and oxygen atoms in total. The Morgan fingerprint density at radius 1 is 1.38 bits per heavy atom. The maximum absolute atomic E-state index is 3.61. The van der Waals surface area contributed by atoms with Crippen molar-refractivity contribution in [2.75, 3.05) is 20.1 Å². The van der Waals surface area contributed by atoms with Crippen molar-refractivity contribution >= 4 is 27.3 Å². The maximum atomic E-state index is 3.61. The molecule has 1 fully saturated rings. The molecule has 0 N–H and O–H groups in total. The molecule has 2 unspecified atom stereocenters. The van der Waals surface area contributed by atoms with Crippen molar-refractivity contribution in [3.05, 3.63) is 20.8 Å². The summed E-state index contributed by atoms with van der Waals surface area (Å²) >= 11 is 5.45. The van der Waals surface area contributed by atoms with Crippen LogP contribution < -0.4 is 0 Å². The van der Waals surface area contributed by atoms with Crippen LogP contribution >= 0.6 is 27.3 Å². The van der Waals surface area contributed by atoms with E-state index in [0.29, 0.717) is 12.1 Å². The molecule has 2 heterocycles. The summed E-state index contributed by atoms with van der Waals surface area (Å²) in [4.78, 5) is 6.48. The van der Waals surface area contributed by atoms with Gasteiger partial charge in [0.15, 0.2) is 0 Å². The number of likely N-dealkylation sites (N-methyl/N-ethyl adjacent to an activating group) is 1. The first-order valence-corrected chi connectivity index (χ1v) is 7.41. The Morgan fingerprint density at radius 3 is 2.50 bits per heavy atom. The van der Waals surface area contributed by atoms with Gasteiger partial charge >= 0.3 is 0 Å². The molecule has 0 aliphatic carbocycles. The fraction of sp³-hybridized carbons (Fsp3) is 0.667. The van der Waals surface area contributed by atoms with Crippen molar-refractivity contribution in [1.29, 1.82) is 0 Å². The average molecular weight is 303 g/mol. The summed E-state index contributed by atoms with van der Waals surface area (Å²) in [6.07, 6.45) is 0. The fourth-order valence-corrected chi connectivity index (χ4v) is 3.80. The molecule has 90 valence electrons. The molecule has 1 saturated heterocycles. The normalized spacial score (nSPS) is 28.5.